The summed E-state index contributed by atoms with van der Waals surface area (Å²) in [5.41, 5.74) is 2.82. The number of aromatic nitrogens is 1. The minimum absolute atomic E-state index is 0.132. The van der Waals surface area contributed by atoms with Gasteiger partial charge in [0.15, 0.2) is 0 Å². The molecule has 3 nitrogen and oxygen atoms in total. The van der Waals surface area contributed by atoms with Gasteiger partial charge in [-0.25, -0.2) is 4.98 Å². The Morgan fingerprint density at radius 2 is 2.43 bits per heavy atom. The lowest BCUT2D eigenvalue weighted by Crippen LogP contribution is -2.26. The molecule has 1 rings (SSSR count). The minimum atomic E-state index is 0.132. The van der Waals surface area contributed by atoms with E-state index in [1.807, 2.05) is 19.5 Å². The Morgan fingerprint density at radius 1 is 1.71 bits per heavy atom. The number of carbonyl (C=O) groups is 1. The SMILES string of the molecule is Cc1ncsc1CN(C)C(=O)CCS. The quantitative estimate of drug-likeness (QED) is 0.799. The molecule has 1 heterocycles. The van der Waals surface area contributed by atoms with Crippen LogP contribution >= 0.6 is 24.0 Å². The summed E-state index contributed by atoms with van der Waals surface area (Å²) in [4.78, 5) is 18.5. The first-order valence-corrected chi connectivity index (χ1v) is 5.90. The molecule has 0 fully saturated rings. The molecule has 5 heteroatoms. The molecule has 0 radical (unpaired) electrons. The number of nitrogens with zero attached hydrogens (tertiary/aromatic N) is 2. The van der Waals surface area contributed by atoms with E-state index in [1.54, 1.807) is 16.2 Å². The monoisotopic (exact) mass is 230 g/mol. The van der Waals surface area contributed by atoms with Gasteiger partial charge in [-0.3, -0.25) is 4.79 Å². The smallest absolute Gasteiger partial charge is 0.223 e. The highest BCUT2D eigenvalue weighted by molar-refractivity contribution is 7.80. The van der Waals surface area contributed by atoms with E-state index in [9.17, 15) is 4.79 Å². The van der Waals surface area contributed by atoms with Crippen LogP contribution in [0, 0.1) is 6.92 Å². The van der Waals surface area contributed by atoms with Crippen molar-refractivity contribution < 1.29 is 4.79 Å². The molecule has 0 aliphatic carbocycles. The molecule has 0 spiro atoms. The van der Waals surface area contributed by atoms with Gasteiger partial charge >= 0.3 is 0 Å². The van der Waals surface area contributed by atoms with Crippen molar-refractivity contribution in [3.63, 3.8) is 0 Å². The van der Waals surface area contributed by atoms with Crippen molar-refractivity contribution in [1.82, 2.24) is 9.88 Å². The third kappa shape index (κ3) is 2.99. The molecule has 78 valence electrons. The normalized spacial score (nSPS) is 10.2. The third-order valence-corrected chi connectivity index (χ3v) is 3.12. The van der Waals surface area contributed by atoms with Gasteiger partial charge in [-0.05, 0) is 12.7 Å². The van der Waals surface area contributed by atoms with Gasteiger partial charge in [0.05, 0.1) is 17.7 Å². The molecule has 0 unspecified atom stereocenters. The first kappa shape index (κ1) is 11.5. The second-order valence-electron chi connectivity index (χ2n) is 3.08. The van der Waals surface area contributed by atoms with Crippen LogP contribution < -0.4 is 0 Å². The Balaban J connectivity index is 2.52. The first-order chi connectivity index (χ1) is 6.65. The van der Waals surface area contributed by atoms with Gasteiger partial charge in [0.2, 0.25) is 5.91 Å². The van der Waals surface area contributed by atoms with E-state index in [4.69, 9.17) is 0 Å². The summed E-state index contributed by atoms with van der Waals surface area (Å²) in [7, 11) is 1.81. The minimum Gasteiger partial charge on any atom is -0.341 e. The Bertz CT molecular complexity index is 312. The second kappa shape index (κ2) is 5.36. The predicted octanol–water partition coefficient (Wildman–Crippen LogP) is 1.73. The number of amides is 1. The predicted molar refractivity (Wildman–Crippen MR) is 61.8 cm³/mol. The molecular formula is C9H14N2OS2. The van der Waals surface area contributed by atoms with Crippen LogP contribution in [0.3, 0.4) is 0 Å². The molecule has 1 amide bonds. The molecule has 0 bridgehead atoms. The number of rotatable bonds is 4. The Kier molecular flexibility index (Phi) is 4.41. The van der Waals surface area contributed by atoms with Crippen molar-refractivity contribution >= 4 is 29.9 Å². The fourth-order valence-corrected chi connectivity index (χ4v) is 2.09. The van der Waals surface area contributed by atoms with Gasteiger partial charge < -0.3 is 4.90 Å². The van der Waals surface area contributed by atoms with Gasteiger partial charge in [0, 0.05) is 18.3 Å². The van der Waals surface area contributed by atoms with Gasteiger partial charge in [-0.1, -0.05) is 0 Å². The molecule has 14 heavy (non-hydrogen) atoms. The van der Waals surface area contributed by atoms with Crippen molar-refractivity contribution in [2.45, 2.75) is 19.9 Å². The average molecular weight is 230 g/mol. The van der Waals surface area contributed by atoms with Crippen molar-refractivity contribution in [1.29, 1.82) is 0 Å². The highest BCUT2D eigenvalue weighted by atomic mass is 32.1. The summed E-state index contributed by atoms with van der Waals surface area (Å²) < 4.78 is 0. The highest BCUT2D eigenvalue weighted by Gasteiger charge is 2.10. The number of hydrogen-bond donors (Lipinski definition) is 1. The third-order valence-electron chi connectivity index (χ3n) is 1.98. The standard InChI is InChI=1S/C9H14N2OS2/c1-7-8(14-6-10-7)5-11(2)9(12)3-4-13/h6,13H,3-5H2,1-2H3. The Morgan fingerprint density at radius 3 is 2.93 bits per heavy atom. The van der Waals surface area contributed by atoms with Crippen LogP contribution in [-0.2, 0) is 11.3 Å². The fourth-order valence-electron chi connectivity index (χ4n) is 1.07. The molecule has 0 aliphatic heterocycles. The zero-order valence-corrected chi connectivity index (χ0v) is 10.1. The first-order valence-electron chi connectivity index (χ1n) is 4.39. The zero-order valence-electron chi connectivity index (χ0n) is 8.36. The Labute approximate surface area is 93.6 Å². The summed E-state index contributed by atoms with van der Waals surface area (Å²) in [6, 6.07) is 0. The maximum absolute atomic E-state index is 11.4. The lowest BCUT2D eigenvalue weighted by Gasteiger charge is -2.15. The van der Waals surface area contributed by atoms with E-state index in [-0.39, 0.29) is 5.91 Å². The van der Waals surface area contributed by atoms with Crippen LogP contribution in [0.2, 0.25) is 0 Å². The lowest BCUT2D eigenvalue weighted by atomic mass is 10.3. The van der Waals surface area contributed by atoms with Crippen molar-refractivity contribution in [3.05, 3.63) is 16.1 Å². The molecular weight excluding hydrogens is 216 g/mol. The Hall–Kier alpha value is -0.550. The van der Waals surface area contributed by atoms with Gasteiger partial charge in [0.1, 0.15) is 0 Å². The molecule has 0 aromatic carbocycles. The van der Waals surface area contributed by atoms with Crippen molar-refractivity contribution in [3.8, 4) is 0 Å². The summed E-state index contributed by atoms with van der Waals surface area (Å²) >= 11 is 5.62. The summed E-state index contributed by atoms with van der Waals surface area (Å²) in [6.45, 7) is 2.62. The molecule has 0 atom stereocenters. The summed E-state index contributed by atoms with van der Waals surface area (Å²) in [5.74, 6) is 0.734. The van der Waals surface area contributed by atoms with Gasteiger partial charge in [-0.15, -0.1) is 11.3 Å². The zero-order chi connectivity index (χ0) is 10.6. The van der Waals surface area contributed by atoms with E-state index in [0.717, 1.165) is 10.6 Å². The van der Waals surface area contributed by atoms with Crippen LogP contribution in [0.4, 0.5) is 0 Å². The number of aryl methyl sites for hydroxylation is 1. The van der Waals surface area contributed by atoms with Gasteiger partial charge in [0.25, 0.3) is 0 Å². The average Bonchev–Trinajstić information content (AvgIpc) is 2.52. The number of thiazole rings is 1. The van der Waals surface area contributed by atoms with Gasteiger partial charge in [-0.2, -0.15) is 12.6 Å². The van der Waals surface area contributed by atoms with E-state index >= 15 is 0 Å². The fraction of sp³-hybridized carbons (Fsp3) is 0.556. The topological polar surface area (TPSA) is 33.2 Å². The van der Waals surface area contributed by atoms with Crippen LogP contribution in [-0.4, -0.2) is 28.6 Å². The molecule has 1 aromatic heterocycles. The summed E-state index contributed by atoms with van der Waals surface area (Å²) in [6.07, 6.45) is 0.497. The van der Waals surface area contributed by atoms with E-state index < -0.39 is 0 Å². The van der Waals surface area contributed by atoms with Crippen LogP contribution in [0.1, 0.15) is 17.0 Å². The van der Waals surface area contributed by atoms with E-state index in [2.05, 4.69) is 17.6 Å². The van der Waals surface area contributed by atoms with Crippen molar-refractivity contribution in [2.24, 2.45) is 0 Å². The second-order valence-corrected chi connectivity index (χ2v) is 4.47. The maximum Gasteiger partial charge on any atom is 0.223 e. The number of carbonyl (C=O) groups excluding carboxylic acids is 1. The summed E-state index contributed by atoms with van der Waals surface area (Å²) in [5, 5.41) is 0. The van der Waals surface area contributed by atoms with Crippen LogP contribution in [0.5, 0.6) is 0 Å². The van der Waals surface area contributed by atoms with E-state index in [1.165, 1.54) is 0 Å². The number of thiol groups is 1. The van der Waals surface area contributed by atoms with Crippen LogP contribution in [0.25, 0.3) is 0 Å². The maximum atomic E-state index is 11.4. The molecule has 0 N–H and O–H groups in total. The molecule has 0 saturated carbocycles. The van der Waals surface area contributed by atoms with E-state index in [0.29, 0.717) is 18.7 Å². The molecule has 0 aliphatic rings. The highest BCUT2D eigenvalue weighted by Crippen LogP contribution is 2.14. The molecule has 0 saturated heterocycles. The van der Waals surface area contributed by atoms with Crippen LogP contribution in [0.15, 0.2) is 5.51 Å². The largest absolute Gasteiger partial charge is 0.341 e. The lowest BCUT2D eigenvalue weighted by molar-refractivity contribution is -0.129. The number of hydrogen-bond acceptors (Lipinski definition) is 4. The molecule has 1 aromatic rings. The van der Waals surface area contributed by atoms with Crippen molar-refractivity contribution in [2.75, 3.05) is 12.8 Å².